The zero-order valence-corrected chi connectivity index (χ0v) is 13.5. The molecule has 0 amide bonds. The second-order valence-corrected chi connectivity index (χ2v) is 6.91. The Hall–Kier alpha value is -1.50. The third-order valence-electron chi connectivity index (χ3n) is 2.97. The number of benzene rings is 1. The molecular formula is C14H12ClN3OS2. The number of nitrogens with two attached hydrogens (primary N) is 1. The van der Waals surface area contributed by atoms with Crippen molar-refractivity contribution in [2.45, 2.75) is 23.1 Å². The van der Waals surface area contributed by atoms with E-state index < -0.39 is 0 Å². The van der Waals surface area contributed by atoms with Gasteiger partial charge in [0.25, 0.3) is 5.56 Å². The maximum absolute atomic E-state index is 12.2. The molecule has 3 N–H and O–H groups in total. The van der Waals surface area contributed by atoms with E-state index in [0.717, 1.165) is 21.1 Å². The number of hydrogen-bond acceptors (Lipinski definition) is 5. The molecule has 0 bridgehead atoms. The van der Waals surface area contributed by atoms with Crippen LogP contribution >= 0.6 is 34.7 Å². The fourth-order valence-corrected chi connectivity index (χ4v) is 4.68. The molecule has 108 valence electrons. The second kappa shape index (κ2) is 5.71. The van der Waals surface area contributed by atoms with E-state index in [1.807, 2.05) is 24.3 Å². The lowest BCUT2D eigenvalue weighted by Crippen LogP contribution is -2.10. The van der Waals surface area contributed by atoms with Gasteiger partial charge in [0.05, 0.1) is 10.4 Å². The van der Waals surface area contributed by atoms with Crippen molar-refractivity contribution in [3.8, 4) is 0 Å². The number of aromatic amines is 1. The van der Waals surface area contributed by atoms with Crippen LogP contribution in [0.4, 0.5) is 5.95 Å². The lowest BCUT2D eigenvalue weighted by Gasteiger charge is -2.04. The Balaban J connectivity index is 2.22. The summed E-state index contributed by atoms with van der Waals surface area (Å²) >= 11 is 9.22. The van der Waals surface area contributed by atoms with Gasteiger partial charge in [0, 0.05) is 14.7 Å². The number of aromatic nitrogens is 2. The first kappa shape index (κ1) is 14.4. The highest BCUT2D eigenvalue weighted by atomic mass is 35.5. The van der Waals surface area contributed by atoms with Gasteiger partial charge in [0.15, 0.2) is 0 Å². The van der Waals surface area contributed by atoms with Gasteiger partial charge in [-0.25, -0.2) is 4.98 Å². The maximum Gasteiger partial charge on any atom is 0.262 e. The predicted molar refractivity (Wildman–Crippen MR) is 89.6 cm³/mol. The summed E-state index contributed by atoms with van der Waals surface area (Å²) < 4.78 is 0. The van der Waals surface area contributed by atoms with E-state index in [0.29, 0.717) is 15.2 Å². The quantitative estimate of drug-likeness (QED) is 0.759. The van der Waals surface area contributed by atoms with Crippen molar-refractivity contribution >= 4 is 50.9 Å². The van der Waals surface area contributed by atoms with Crippen molar-refractivity contribution in [3.05, 3.63) is 44.5 Å². The third-order valence-corrected chi connectivity index (χ3v) is 6.00. The van der Waals surface area contributed by atoms with Crippen molar-refractivity contribution in [3.63, 3.8) is 0 Å². The summed E-state index contributed by atoms with van der Waals surface area (Å²) in [5.74, 6) is 0.144. The Labute approximate surface area is 134 Å². The van der Waals surface area contributed by atoms with Gasteiger partial charge in [-0.1, -0.05) is 42.4 Å². The Morgan fingerprint density at radius 2 is 2.19 bits per heavy atom. The van der Waals surface area contributed by atoms with E-state index in [1.165, 1.54) is 23.1 Å². The number of nitrogens with one attached hydrogen (secondary N) is 1. The van der Waals surface area contributed by atoms with Crippen LogP contribution in [0.25, 0.3) is 10.2 Å². The number of halogens is 1. The monoisotopic (exact) mass is 337 g/mol. The molecule has 0 fully saturated rings. The van der Waals surface area contributed by atoms with Gasteiger partial charge < -0.3 is 5.73 Å². The highest BCUT2D eigenvalue weighted by Crippen LogP contribution is 2.41. The molecule has 0 atom stereocenters. The van der Waals surface area contributed by atoms with Crippen LogP contribution in [0.2, 0.25) is 5.02 Å². The van der Waals surface area contributed by atoms with Gasteiger partial charge in [-0.15, -0.1) is 11.3 Å². The third kappa shape index (κ3) is 2.66. The average Bonchev–Trinajstić information content (AvgIpc) is 2.79. The van der Waals surface area contributed by atoms with Crippen molar-refractivity contribution in [2.75, 3.05) is 5.73 Å². The van der Waals surface area contributed by atoms with E-state index in [1.54, 1.807) is 0 Å². The number of aryl methyl sites for hydroxylation is 1. The van der Waals surface area contributed by atoms with Crippen molar-refractivity contribution in [1.82, 2.24) is 9.97 Å². The first-order valence-electron chi connectivity index (χ1n) is 6.33. The van der Waals surface area contributed by atoms with Gasteiger partial charge in [-0.2, -0.15) is 0 Å². The van der Waals surface area contributed by atoms with Gasteiger partial charge in [0.1, 0.15) is 4.83 Å². The molecule has 1 aromatic carbocycles. The molecule has 2 heterocycles. The smallest absolute Gasteiger partial charge is 0.262 e. The second-order valence-electron chi connectivity index (χ2n) is 4.37. The molecule has 0 radical (unpaired) electrons. The molecule has 4 nitrogen and oxygen atoms in total. The summed E-state index contributed by atoms with van der Waals surface area (Å²) in [6.45, 7) is 2.05. The fraction of sp³-hybridized carbons (Fsp3) is 0.143. The Morgan fingerprint density at radius 3 is 2.90 bits per heavy atom. The average molecular weight is 338 g/mol. The van der Waals surface area contributed by atoms with Crippen LogP contribution in [0.15, 0.2) is 38.9 Å². The molecule has 3 rings (SSSR count). The van der Waals surface area contributed by atoms with Crippen molar-refractivity contribution < 1.29 is 0 Å². The van der Waals surface area contributed by atoms with Gasteiger partial charge in [-0.05, 0) is 18.6 Å². The Bertz CT molecular complexity index is 872. The zero-order chi connectivity index (χ0) is 15.0. The maximum atomic E-state index is 12.2. The molecule has 21 heavy (non-hydrogen) atoms. The molecule has 2 aromatic heterocycles. The van der Waals surface area contributed by atoms with Crippen LogP contribution in [0.5, 0.6) is 0 Å². The van der Waals surface area contributed by atoms with Crippen LogP contribution in [0.1, 0.15) is 11.8 Å². The number of anilines is 1. The highest BCUT2D eigenvalue weighted by molar-refractivity contribution is 8.00. The SMILES string of the molecule is CCc1sc2nc(N)[nH]c(=O)c2c1Sc1ccccc1Cl. The molecule has 0 unspecified atom stereocenters. The molecule has 3 aromatic rings. The van der Waals surface area contributed by atoms with E-state index in [9.17, 15) is 4.79 Å². The van der Waals surface area contributed by atoms with E-state index >= 15 is 0 Å². The predicted octanol–water partition coefficient (Wildman–Crippen LogP) is 3.93. The minimum Gasteiger partial charge on any atom is -0.369 e. The number of hydrogen-bond donors (Lipinski definition) is 2. The number of thiophene rings is 1. The largest absolute Gasteiger partial charge is 0.369 e. The zero-order valence-electron chi connectivity index (χ0n) is 11.1. The summed E-state index contributed by atoms with van der Waals surface area (Å²) in [6.07, 6.45) is 0.827. The number of fused-ring (bicyclic) bond motifs is 1. The first-order valence-corrected chi connectivity index (χ1v) is 8.34. The summed E-state index contributed by atoms with van der Waals surface area (Å²) in [6, 6.07) is 7.59. The number of nitrogen functional groups attached to an aromatic ring is 1. The fourth-order valence-electron chi connectivity index (χ4n) is 2.02. The van der Waals surface area contributed by atoms with Crippen LogP contribution in [0.3, 0.4) is 0 Å². The molecule has 0 saturated carbocycles. The Morgan fingerprint density at radius 1 is 1.43 bits per heavy atom. The number of H-pyrrole nitrogens is 1. The summed E-state index contributed by atoms with van der Waals surface area (Å²) in [5, 5.41) is 1.26. The molecular weight excluding hydrogens is 326 g/mol. The molecule has 0 aliphatic carbocycles. The number of rotatable bonds is 3. The normalized spacial score (nSPS) is 11.1. The van der Waals surface area contributed by atoms with Crippen LogP contribution in [-0.4, -0.2) is 9.97 Å². The van der Waals surface area contributed by atoms with Crippen molar-refractivity contribution in [2.24, 2.45) is 0 Å². The van der Waals surface area contributed by atoms with Gasteiger partial charge >= 0.3 is 0 Å². The first-order chi connectivity index (χ1) is 10.1. The topological polar surface area (TPSA) is 71.8 Å². The number of nitrogens with zero attached hydrogens (tertiary/aromatic N) is 1. The standard InChI is InChI=1S/C14H12ClN3OS2/c1-2-8-11(20-9-6-4-3-5-7(9)15)10-12(19)17-14(16)18-13(10)21-8/h3-6H,2H2,1H3,(H3,16,17,18,19). The minimum absolute atomic E-state index is 0.144. The summed E-state index contributed by atoms with van der Waals surface area (Å²) in [4.78, 5) is 22.6. The summed E-state index contributed by atoms with van der Waals surface area (Å²) in [7, 11) is 0. The van der Waals surface area contributed by atoms with Crippen molar-refractivity contribution in [1.29, 1.82) is 0 Å². The molecule has 0 saturated heterocycles. The Kier molecular flexibility index (Phi) is 3.93. The summed E-state index contributed by atoms with van der Waals surface area (Å²) in [5.41, 5.74) is 5.41. The highest BCUT2D eigenvalue weighted by Gasteiger charge is 2.18. The van der Waals surface area contributed by atoms with Gasteiger partial charge in [-0.3, -0.25) is 9.78 Å². The van der Waals surface area contributed by atoms with E-state index in [2.05, 4.69) is 16.9 Å². The van der Waals surface area contributed by atoms with Crippen LogP contribution < -0.4 is 11.3 Å². The molecule has 7 heteroatoms. The van der Waals surface area contributed by atoms with Gasteiger partial charge in [0.2, 0.25) is 5.95 Å². The molecule has 0 aliphatic heterocycles. The molecule has 0 spiro atoms. The van der Waals surface area contributed by atoms with E-state index in [4.69, 9.17) is 17.3 Å². The molecule has 0 aliphatic rings. The van der Waals surface area contributed by atoms with Crippen LogP contribution in [0, 0.1) is 0 Å². The lowest BCUT2D eigenvalue weighted by molar-refractivity contribution is 1.13. The lowest BCUT2D eigenvalue weighted by atomic mass is 10.3. The van der Waals surface area contributed by atoms with E-state index in [-0.39, 0.29) is 11.5 Å². The minimum atomic E-state index is -0.206. The van der Waals surface area contributed by atoms with Crippen LogP contribution in [-0.2, 0) is 6.42 Å².